The molecule has 4 aromatic rings. The molecule has 1 fully saturated rings. The first-order valence-electron chi connectivity index (χ1n) is 12.3. The molecule has 0 aliphatic carbocycles. The van der Waals surface area contributed by atoms with Gasteiger partial charge in [-0.15, -0.1) is 4.68 Å². The van der Waals surface area contributed by atoms with Crippen molar-refractivity contribution in [3.05, 3.63) is 94.7 Å². The highest BCUT2D eigenvalue weighted by molar-refractivity contribution is 5.98. The summed E-state index contributed by atoms with van der Waals surface area (Å²) in [4.78, 5) is 42.9. The molecule has 0 bridgehead atoms. The summed E-state index contributed by atoms with van der Waals surface area (Å²) < 4.78 is 27.5. The van der Waals surface area contributed by atoms with Crippen LogP contribution in [0.1, 0.15) is 17.3 Å². The Labute approximate surface area is 222 Å². The topological polar surface area (TPSA) is 112 Å². The molecule has 200 valence electrons. The first-order chi connectivity index (χ1) is 19.0. The van der Waals surface area contributed by atoms with E-state index < -0.39 is 23.4 Å². The Bertz CT molecular complexity index is 1550. The fourth-order valence-corrected chi connectivity index (χ4v) is 4.25. The molecule has 1 aliphatic rings. The van der Waals surface area contributed by atoms with Gasteiger partial charge in [0.15, 0.2) is 5.75 Å². The quantitative estimate of drug-likeness (QED) is 0.350. The molecule has 2 amide bonds. The molecule has 0 N–H and O–H groups in total. The van der Waals surface area contributed by atoms with Gasteiger partial charge in [-0.2, -0.15) is 4.68 Å². The van der Waals surface area contributed by atoms with Gasteiger partial charge < -0.3 is 14.4 Å². The monoisotopic (exact) mass is 532 g/mol. The summed E-state index contributed by atoms with van der Waals surface area (Å²) in [6.45, 7) is 3.23. The molecule has 12 heteroatoms. The predicted molar refractivity (Wildman–Crippen MR) is 139 cm³/mol. The number of benzene rings is 3. The molecule has 1 aromatic heterocycles. The van der Waals surface area contributed by atoms with Crippen LogP contribution >= 0.6 is 0 Å². The van der Waals surface area contributed by atoms with E-state index in [1.54, 1.807) is 43.3 Å². The number of hydrogen-bond donors (Lipinski definition) is 0. The average Bonchev–Trinajstić information content (AvgIpc) is 3.35. The van der Waals surface area contributed by atoms with Crippen molar-refractivity contribution in [1.82, 2.24) is 24.7 Å². The highest BCUT2D eigenvalue weighted by Gasteiger charge is 2.29. The summed E-state index contributed by atoms with van der Waals surface area (Å²) >= 11 is 0. The Morgan fingerprint density at radius 1 is 0.974 bits per heavy atom. The third-order valence-corrected chi connectivity index (χ3v) is 6.16. The fraction of sp³-hybridized carbons (Fsp3) is 0.222. The number of morpholine rings is 1. The molecule has 1 saturated heterocycles. The zero-order valence-corrected chi connectivity index (χ0v) is 21.1. The third-order valence-electron chi connectivity index (χ3n) is 6.16. The Balaban J connectivity index is 1.49. The van der Waals surface area contributed by atoms with Crippen molar-refractivity contribution in [2.75, 3.05) is 37.7 Å². The van der Waals surface area contributed by atoms with Crippen LogP contribution in [0.4, 0.5) is 14.9 Å². The molecule has 0 unspecified atom stereocenters. The molecule has 2 heterocycles. The van der Waals surface area contributed by atoms with Crippen molar-refractivity contribution in [3.8, 4) is 17.2 Å². The SMILES string of the molecule is CCN(C(=O)n1nnn(-c2c(F)cccc2C(=O)N2CCOCC2)c1=O)c1ccccc1Oc1ccccc1. The van der Waals surface area contributed by atoms with Gasteiger partial charge in [0.2, 0.25) is 0 Å². The van der Waals surface area contributed by atoms with Crippen LogP contribution in [0.5, 0.6) is 11.5 Å². The Morgan fingerprint density at radius 3 is 2.44 bits per heavy atom. The number of para-hydroxylation sites is 4. The van der Waals surface area contributed by atoms with E-state index in [-0.39, 0.29) is 17.8 Å². The van der Waals surface area contributed by atoms with E-state index in [1.807, 2.05) is 18.2 Å². The van der Waals surface area contributed by atoms with Crippen molar-refractivity contribution in [1.29, 1.82) is 0 Å². The predicted octanol–water partition coefficient (Wildman–Crippen LogP) is 3.33. The van der Waals surface area contributed by atoms with Crippen molar-refractivity contribution in [3.63, 3.8) is 0 Å². The standard InChI is InChI=1S/C27H25FN6O5/c1-2-32(22-13-6-7-14-23(22)39-19-9-4-3-5-10-19)26(36)34-27(37)33(29-30-34)24-20(11-8-12-21(24)28)25(35)31-15-17-38-18-16-31/h3-14H,2,15-18H2,1H3. The van der Waals surface area contributed by atoms with E-state index >= 15 is 4.39 Å². The van der Waals surface area contributed by atoms with E-state index in [2.05, 4.69) is 10.4 Å². The van der Waals surface area contributed by atoms with Crippen LogP contribution < -0.4 is 15.3 Å². The van der Waals surface area contributed by atoms with Crippen molar-refractivity contribution in [2.45, 2.75) is 6.92 Å². The second-order valence-corrected chi connectivity index (χ2v) is 8.54. The van der Waals surface area contributed by atoms with Gasteiger partial charge >= 0.3 is 11.7 Å². The van der Waals surface area contributed by atoms with Gasteiger partial charge in [-0.3, -0.25) is 9.69 Å². The summed E-state index contributed by atoms with van der Waals surface area (Å²) in [6, 6.07) is 18.9. The summed E-state index contributed by atoms with van der Waals surface area (Å²) in [6.07, 6.45) is 0. The number of aromatic nitrogens is 4. The molecule has 11 nitrogen and oxygen atoms in total. The molecule has 39 heavy (non-hydrogen) atoms. The maximum Gasteiger partial charge on any atom is 0.377 e. The van der Waals surface area contributed by atoms with Crippen LogP contribution in [0.3, 0.4) is 0 Å². The summed E-state index contributed by atoms with van der Waals surface area (Å²) in [5.41, 5.74) is -1.09. The van der Waals surface area contributed by atoms with Crippen LogP contribution in [0, 0.1) is 5.82 Å². The second kappa shape index (κ2) is 11.3. The van der Waals surface area contributed by atoms with E-state index in [4.69, 9.17) is 9.47 Å². The van der Waals surface area contributed by atoms with E-state index in [9.17, 15) is 14.4 Å². The number of halogens is 1. The van der Waals surface area contributed by atoms with Gasteiger partial charge in [0.1, 0.15) is 17.3 Å². The molecule has 5 rings (SSSR count). The third kappa shape index (κ3) is 5.14. The number of carbonyl (C=O) groups excluding carboxylic acids is 2. The highest BCUT2D eigenvalue weighted by atomic mass is 19.1. The minimum Gasteiger partial charge on any atom is -0.455 e. The molecular formula is C27H25FN6O5. The van der Waals surface area contributed by atoms with Gasteiger partial charge in [0.05, 0.1) is 24.5 Å². The van der Waals surface area contributed by atoms with Crippen molar-refractivity contribution < 1.29 is 23.5 Å². The van der Waals surface area contributed by atoms with Crippen LogP contribution in [-0.2, 0) is 4.74 Å². The molecule has 0 spiro atoms. The Hall–Kier alpha value is -4.84. The molecular weight excluding hydrogens is 507 g/mol. The largest absolute Gasteiger partial charge is 0.455 e. The minimum atomic E-state index is -1.03. The molecule has 0 atom stereocenters. The first kappa shape index (κ1) is 25.8. The number of nitrogens with zero attached hydrogens (tertiary/aromatic N) is 6. The number of carbonyl (C=O) groups is 2. The van der Waals surface area contributed by atoms with Gasteiger partial charge in [-0.05, 0) is 53.7 Å². The maximum absolute atomic E-state index is 15.1. The average molecular weight is 533 g/mol. The van der Waals surface area contributed by atoms with Crippen LogP contribution in [-0.4, -0.2) is 69.5 Å². The first-order valence-corrected chi connectivity index (χ1v) is 12.3. The summed E-state index contributed by atoms with van der Waals surface area (Å²) in [7, 11) is 0. The van der Waals surface area contributed by atoms with Gasteiger partial charge in [0, 0.05) is 19.6 Å². The molecule has 0 saturated carbocycles. The van der Waals surface area contributed by atoms with Gasteiger partial charge in [-0.25, -0.2) is 14.0 Å². The fourth-order valence-electron chi connectivity index (χ4n) is 4.25. The minimum absolute atomic E-state index is 0.0764. The lowest BCUT2D eigenvalue weighted by molar-refractivity contribution is 0.0302. The second-order valence-electron chi connectivity index (χ2n) is 8.54. The van der Waals surface area contributed by atoms with Gasteiger partial charge in [-0.1, -0.05) is 36.4 Å². The number of ether oxygens (including phenoxy) is 2. The zero-order chi connectivity index (χ0) is 27.4. The summed E-state index contributed by atoms with van der Waals surface area (Å²) in [5, 5.41) is 7.49. The van der Waals surface area contributed by atoms with Crippen LogP contribution in [0.15, 0.2) is 77.6 Å². The molecule has 3 aromatic carbocycles. The maximum atomic E-state index is 15.1. The number of anilines is 1. The summed E-state index contributed by atoms with van der Waals surface area (Å²) in [5.74, 6) is -0.396. The Kier molecular flexibility index (Phi) is 7.46. The van der Waals surface area contributed by atoms with Gasteiger partial charge in [0.25, 0.3) is 5.91 Å². The van der Waals surface area contributed by atoms with Crippen molar-refractivity contribution in [2.24, 2.45) is 0 Å². The normalized spacial score (nSPS) is 13.2. The van der Waals surface area contributed by atoms with Crippen molar-refractivity contribution >= 4 is 17.6 Å². The highest BCUT2D eigenvalue weighted by Crippen LogP contribution is 2.32. The lowest BCUT2D eigenvalue weighted by Crippen LogP contribution is -2.42. The van der Waals surface area contributed by atoms with E-state index in [0.717, 1.165) is 6.07 Å². The lowest BCUT2D eigenvalue weighted by Gasteiger charge is -2.27. The number of hydrogen-bond acceptors (Lipinski definition) is 7. The smallest absolute Gasteiger partial charge is 0.377 e. The van der Waals surface area contributed by atoms with E-state index in [0.29, 0.717) is 52.9 Å². The van der Waals surface area contributed by atoms with Crippen LogP contribution in [0.25, 0.3) is 5.69 Å². The lowest BCUT2D eigenvalue weighted by atomic mass is 10.1. The molecule has 0 radical (unpaired) electrons. The van der Waals surface area contributed by atoms with Crippen LogP contribution in [0.2, 0.25) is 0 Å². The Morgan fingerprint density at radius 2 is 1.69 bits per heavy atom. The number of amides is 2. The molecule has 1 aliphatic heterocycles. The number of tetrazole rings is 1. The number of rotatable bonds is 6. The zero-order valence-electron chi connectivity index (χ0n) is 21.1. The van der Waals surface area contributed by atoms with E-state index in [1.165, 1.54) is 21.9 Å².